The lowest BCUT2D eigenvalue weighted by molar-refractivity contribution is -0.658. The smallest absolute Gasteiger partial charge is 0.286 e. The average molecular weight is 314 g/mol. The van der Waals surface area contributed by atoms with Gasteiger partial charge >= 0.3 is 0 Å². The van der Waals surface area contributed by atoms with Crippen LogP contribution in [0.3, 0.4) is 0 Å². The highest BCUT2D eigenvalue weighted by atomic mass is 127. The predicted octanol–water partition coefficient (Wildman–Crippen LogP) is -0.873. The van der Waals surface area contributed by atoms with Crippen molar-refractivity contribution in [3.8, 4) is 11.4 Å². The van der Waals surface area contributed by atoms with Gasteiger partial charge in [-0.1, -0.05) is 17.7 Å². The molecule has 0 aliphatic carbocycles. The molecule has 3 heteroatoms. The van der Waals surface area contributed by atoms with Crippen LogP contribution < -0.4 is 28.5 Å². The number of benzene rings is 1. The highest BCUT2D eigenvalue weighted by Crippen LogP contribution is 2.19. The van der Waals surface area contributed by atoms with Crippen LogP contribution >= 0.6 is 0 Å². The normalized spacial score (nSPS) is 9.80. The number of H-pyrrole nitrogens is 1. The SMILES string of the molecule is Cc1ccc(C)c(-c2[nH]cc[n+]2C)c1.[I-]. The van der Waals surface area contributed by atoms with Crippen LogP contribution in [0, 0.1) is 13.8 Å². The Labute approximate surface area is 107 Å². The third-order valence-corrected chi connectivity index (χ3v) is 2.52. The first-order valence-corrected chi connectivity index (χ1v) is 4.79. The number of aromatic amines is 1. The summed E-state index contributed by atoms with van der Waals surface area (Å²) < 4.78 is 2.10. The highest BCUT2D eigenvalue weighted by Gasteiger charge is 2.12. The number of nitrogens with zero attached hydrogens (tertiary/aromatic N) is 1. The molecule has 0 fully saturated rings. The summed E-state index contributed by atoms with van der Waals surface area (Å²) >= 11 is 0. The van der Waals surface area contributed by atoms with Gasteiger partial charge in [0.25, 0.3) is 5.82 Å². The molecule has 2 aromatic rings. The molecule has 0 saturated carbocycles. The number of imidazole rings is 1. The quantitative estimate of drug-likeness (QED) is 0.521. The standard InChI is InChI=1S/C12H14N2.HI/c1-9-4-5-10(2)11(8-9)12-13-6-7-14(12)3;/h4-8H,1-3H3;1H. The van der Waals surface area contributed by atoms with Crippen LogP contribution in [0.5, 0.6) is 0 Å². The Hall–Kier alpha value is -0.840. The number of hydrogen-bond acceptors (Lipinski definition) is 0. The molecule has 80 valence electrons. The van der Waals surface area contributed by atoms with Gasteiger partial charge in [-0.3, -0.25) is 0 Å². The van der Waals surface area contributed by atoms with Crippen molar-refractivity contribution in [2.75, 3.05) is 0 Å². The molecule has 1 aromatic carbocycles. The van der Waals surface area contributed by atoms with E-state index in [-0.39, 0.29) is 24.0 Å². The zero-order chi connectivity index (χ0) is 10.1. The van der Waals surface area contributed by atoms with Crippen LogP contribution in [0.4, 0.5) is 0 Å². The maximum atomic E-state index is 3.25. The van der Waals surface area contributed by atoms with Gasteiger partial charge in [0.1, 0.15) is 12.4 Å². The van der Waals surface area contributed by atoms with Crippen LogP contribution in [0.2, 0.25) is 0 Å². The minimum Gasteiger partial charge on any atom is -1.00 e. The van der Waals surface area contributed by atoms with Crippen molar-refractivity contribution in [2.24, 2.45) is 7.05 Å². The summed E-state index contributed by atoms with van der Waals surface area (Å²) in [5, 5.41) is 0. The number of aromatic nitrogens is 2. The van der Waals surface area contributed by atoms with Gasteiger partial charge in [0.15, 0.2) is 0 Å². The van der Waals surface area contributed by atoms with Crippen molar-refractivity contribution in [2.45, 2.75) is 13.8 Å². The number of halogens is 1. The second-order valence-corrected chi connectivity index (χ2v) is 3.74. The summed E-state index contributed by atoms with van der Waals surface area (Å²) in [6.45, 7) is 4.25. The summed E-state index contributed by atoms with van der Waals surface area (Å²) in [5.41, 5.74) is 3.87. The van der Waals surface area contributed by atoms with E-state index in [4.69, 9.17) is 0 Å². The van der Waals surface area contributed by atoms with Gasteiger partial charge in [-0.25, -0.2) is 9.55 Å². The van der Waals surface area contributed by atoms with Crippen molar-refractivity contribution in [3.05, 3.63) is 41.7 Å². The molecule has 1 N–H and O–H groups in total. The Bertz CT molecular complexity index is 460. The summed E-state index contributed by atoms with van der Waals surface area (Å²) in [6.07, 6.45) is 3.98. The number of aryl methyl sites for hydroxylation is 3. The van der Waals surface area contributed by atoms with E-state index in [0.717, 1.165) is 5.82 Å². The molecule has 0 amide bonds. The van der Waals surface area contributed by atoms with E-state index in [9.17, 15) is 0 Å². The molecule has 0 bridgehead atoms. The van der Waals surface area contributed by atoms with E-state index in [0.29, 0.717) is 0 Å². The van der Waals surface area contributed by atoms with Gasteiger partial charge in [-0.2, -0.15) is 0 Å². The van der Waals surface area contributed by atoms with Gasteiger partial charge in [-0.05, 0) is 25.5 Å². The molecule has 2 rings (SSSR count). The molecule has 0 aliphatic heterocycles. The molecule has 0 atom stereocenters. The topological polar surface area (TPSA) is 19.7 Å². The predicted molar refractivity (Wildman–Crippen MR) is 56.9 cm³/mol. The van der Waals surface area contributed by atoms with Crippen molar-refractivity contribution in [1.29, 1.82) is 0 Å². The molecule has 0 saturated heterocycles. The first-order valence-electron chi connectivity index (χ1n) is 4.79. The molecule has 0 spiro atoms. The van der Waals surface area contributed by atoms with E-state index < -0.39 is 0 Å². The maximum Gasteiger partial charge on any atom is 0.286 e. The minimum atomic E-state index is 0. The van der Waals surface area contributed by atoms with Crippen LogP contribution in [0.15, 0.2) is 30.6 Å². The van der Waals surface area contributed by atoms with Gasteiger partial charge < -0.3 is 24.0 Å². The molecule has 0 unspecified atom stereocenters. The average Bonchev–Trinajstić information content (AvgIpc) is 2.56. The van der Waals surface area contributed by atoms with Crippen molar-refractivity contribution in [3.63, 3.8) is 0 Å². The van der Waals surface area contributed by atoms with Gasteiger partial charge in [0.2, 0.25) is 0 Å². The lowest BCUT2D eigenvalue weighted by atomic mass is 10.1. The second kappa shape index (κ2) is 4.79. The van der Waals surface area contributed by atoms with Crippen LogP contribution in [0.25, 0.3) is 11.4 Å². The third-order valence-electron chi connectivity index (χ3n) is 2.52. The number of nitrogens with one attached hydrogen (secondary N) is 1. The van der Waals surface area contributed by atoms with Gasteiger partial charge in [0, 0.05) is 0 Å². The fraction of sp³-hybridized carbons (Fsp3) is 0.250. The summed E-state index contributed by atoms with van der Waals surface area (Å²) in [7, 11) is 2.05. The van der Waals surface area contributed by atoms with Crippen LogP contribution in [-0.4, -0.2) is 4.98 Å². The fourth-order valence-corrected chi connectivity index (χ4v) is 1.66. The number of hydrogen-bond donors (Lipinski definition) is 1. The summed E-state index contributed by atoms with van der Waals surface area (Å²) in [6, 6.07) is 6.51. The molecule has 15 heavy (non-hydrogen) atoms. The Morgan fingerprint density at radius 3 is 2.53 bits per heavy atom. The van der Waals surface area contributed by atoms with Crippen molar-refractivity contribution in [1.82, 2.24) is 4.98 Å². The lowest BCUT2D eigenvalue weighted by Crippen LogP contribution is -3.00. The Kier molecular flexibility index (Phi) is 3.90. The molecule has 0 aliphatic rings. The van der Waals surface area contributed by atoms with Gasteiger partial charge in [-0.15, -0.1) is 0 Å². The van der Waals surface area contributed by atoms with E-state index in [1.807, 2.05) is 19.4 Å². The first kappa shape index (κ1) is 12.2. The summed E-state index contributed by atoms with van der Waals surface area (Å²) in [5.74, 6) is 1.16. The third kappa shape index (κ3) is 2.40. The molecule has 2 nitrogen and oxygen atoms in total. The zero-order valence-corrected chi connectivity index (χ0v) is 11.4. The maximum absolute atomic E-state index is 3.25. The Morgan fingerprint density at radius 1 is 1.20 bits per heavy atom. The van der Waals surface area contributed by atoms with E-state index in [2.05, 4.69) is 41.6 Å². The largest absolute Gasteiger partial charge is 1.00 e. The highest BCUT2D eigenvalue weighted by molar-refractivity contribution is 5.58. The fourth-order valence-electron chi connectivity index (χ4n) is 1.66. The van der Waals surface area contributed by atoms with Crippen molar-refractivity contribution >= 4 is 0 Å². The van der Waals surface area contributed by atoms with Crippen LogP contribution in [0.1, 0.15) is 11.1 Å². The summed E-state index contributed by atoms with van der Waals surface area (Å²) in [4.78, 5) is 3.25. The zero-order valence-electron chi connectivity index (χ0n) is 9.21. The van der Waals surface area contributed by atoms with E-state index in [1.54, 1.807) is 0 Å². The molecular weight excluding hydrogens is 299 g/mol. The van der Waals surface area contributed by atoms with Gasteiger partial charge in [0.05, 0.1) is 12.6 Å². The molecule has 0 radical (unpaired) electrons. The molecular formula is C12H15IN2. The Morgan fingerprint density at radius 2 is 1.93 bits per heavy atom. The second-order valence-electron chi connectivity index (χ2n) is 3.74. The monoisotopic (exact) mass is 314 g/mol. The van der Waals surface area contributed by atoms with E-state index in [1.165, 1.54) is 16.7 Å². The molecule has 1 aromatic heterocycles. The lowest BCUT2D eigenvalue weighted by Gasteiger charge is -2.02. The van der Waals surface area contributed by atoms with Crippen LogP contribution in [-0.2, 0) is 7.05 Å². The Balaban J connectivity index is 0.00000112. The van der Waals surface area contributed by atoms with Crippen molar-refractivity contribution < 1.29 is 28.5 Å². The first-order chi connectivity index (χ1) is 6.68. The minimum absolute atomic E-state index is 0. The molecule has 1 heterocycles. The number of rotatable bonds is 1. The van der Waals surface area contributed by atoms with E-state index >= 15 is 0 Å².